The molecule has 1 aromatic rings. The first-order valence-corrected chi connectivity index (χ1v) is 5.06. The first-order chi connectivity index (χ1) is 7.51. The van der Waals surface area contributed by atoms with Crippen LogP contribution in [-0.4, -0.2) is 18.1 Å². The number of carbonyl (C=O) groups is 1. The van der Waals surface area contributed by atoms with Gasteiger partial charge in [0.05, 0.1) is 7.11 Å². The maximum absolute atomic E-state index is 12.5. The van der Waals surface area contributed by atoms with Crippen molar-refractivity contribution in [2.24, 2.45) is 5.73 Å². The molecule has 88 valence electrons. The number of hydrogen-bond donors (Lipinski definition) is 1. The number of carbonyl (C=O) groups excluding carboxylic acids is 1. The number of esters is 1. The third kappa shape index (κ3) is 2.53. The van der Waals surface area contributed by atoms with Crippen LogP contribution >= 0.6 is 15.9 Å². The Balaban J connectivity index is 3.34. The molecule has 1 heterocycles. The quantitative estimate of drug-likeness (QED) is 0.866. The molecule has 0 aromatic carbocycles. The van der Waals surface area contributed by atoms with Crippen molar-refractivity contribution in [2.75, 3.05) is 7.11 Å². The topological polar surface area (TPSA) is 65.2 Å². The van der Waals surface area contributed by atoms with Gasteiger partial charge < -0.3 is 10.5 Å². The van der Waals surface area contributed by atoms with Gasteiger partial charge in [0.1, 0.15) is 5.69 Å². The minimum absolute atomic E-state index is 0.0134. The van der Waals surface area contributed by atoms with Crippen LogP contribution in [0.4, 0.5) is 8.78 Å². The number of nitrogens with zero attached hydrogens (tertiary/aromatic N) is 1. The zero-order chi connectivity index (χ0) is 12.3. The largest absolute Gasteiger partial charge is 0.464 e. The van der Waals surface area contributed by atoms with Crippen molar-refractivity contribution < 1.29 is 18.3 Å². The lowest BCUT2D eigenvalue weighted by Crippen LogP contribution is -2.13. The summed E-state index contributed by atoms with van der Waals surface area (Å²) in [4.78, 5) is 14.8. The minimum Gasteiger partial charge on any atom is -0.464 e. The van der Waals surface area contributed by atoms with E-state index in [1.807, 2.05) is 0 Å². The number of rotatable bonds is 3. The number of aromatic nitrogens is 1. The van der Waals surface area contributed by atoms with Crippen LogP contribution < -0.4 is 5.73 Å². The molecule has 0 bridgehead atoms. The van der Waals surface area contributed by atoms with E-state index in [0.29, 0.717) is 5.56 Å². The second-order valence-corrected chi connectivity index (χ2v) is 3.71. The van der Waals surface area contributed by atoms with E-state index in [2.05, 4.69) is 25.7 Å². The van der Waals surface area contributed by atoms with Gasteiger partial charge in [0.2, 0.25) is 0 Å². The highest BCUT2D eigenvalue weighted by Crippen LogP contribution is 2.27. The molecule has 4 nitrogen and oxygen atoms in total. The predicted molar refractivity (Wildman–Crippen MR) is 56.1 cm³/mol. The molecule has 2 N–H and O–H groups in total. The number of hydrogen-bond acceptors (Lipinski definition) is 4. The summed E-state index contributed by atoms with van der Waals surface area (Å²) in [5.74, 6) is -0.783. The third-order valence-corrected chi connectivity index (χ3v) is 2.52. The molecule has 0 aliphatic rings. The van der Waals surface area contributed by atoms with Gasteiger partial charge in [0.25, 0.3) is 6.43 Å². The Bertz CT molecular complexity index is 413. The summed E-state index contributed by atoms with van der Waals surface area (Å²) in [5.41, 5.74) is 5.05. The van der Waals surface area contributed by atoms with Crippen molar-refractivity contribution in [1.29, 1.82) is 0 Å². The molecule has 1 rings (SSSR count). The molecule has 0 saturated heterocycles. The number of methoxy groups -OCH3 is 1. The lowest BCUT2D eigenvalue weighted by molar-refractivity contribution is 0.0591. The SMILES string of the molecule is COC(=O)c1nc(C(F)F)c(Br)cc1CN. The van der Waals surface area contributed by atoms with Gasteiger partial charge in [-0.3, -0.25) is 0 Å². The maximum atomic E-state index is 12.5. The van der Waals surface area contributed by atoms with Crippen molar-refractivity contribution >= 4 is 21.9 Å². The highest BCUT2D eigenvalue weighted by Gasteiger charge is 2.20. The van der Waals surface area contributed by atoms with Crippen LogP contribution in [0.15, 0.2) is 10.5 Å². The van der Waals surface area contributed by atoms with Crippen molar-refractivity contribution in [3.8, 4) is 0 Å². The molecule has 16 heavy (non-hydrogen) atoms. The molecule has 0 fully saturated rings. The van der Waals surface area contributed by atoms with E-state index >= 15 is 0 Å². The van der Waals surface area contributed by atoms with Gasteiger partial charge in [-0.15, -0.1) is 0 Å². The first kappa shape index (κ1) is 13.0. The summed E-state index contributed by atoms with van der Waals surface area (Å²) in [7, 11) is 1.15. The van der Waals surface area contributed by atoms with Crippen LogP contribution in [0.1, 0.15) is 28.2 Å². The molecule has 0 saturated carbocycles. The summed E-state index contributed by atoms with van der Waals surface area (Å²) < 4.78 is 29.6. The van der Waals surface area contributed by atoms with E-state index in [9.17, 15) is 13.6 Å². The zero-order valence-electron chi connectivity index (χ0n) is 8.34. The van der Waals surface area contributed by atoms with Crippen LogP contribution in [0, 0.1) is 0 Å². The van der Waals surface area contributed by atoms with Gasteiger partial charge in [-0.05, 0) is 22.0 Å². The van der Waals surface area contributed by atoms with Crippen molar-refractivity contribution in [3.63, 3.8) is 0 Å². The molecular formula is C9H9BrF2N2O2. The minimum atomic E-state index is -2.77. The first-order valence-electron chi connectivity index (χ1n) is 4.27. The fraction of sp³-hybridized carbons (Fsp3) is 0.333. The number of alkyl halides is 2. The van der Waals surface area contributed by atoms with Crippen LogP contribution in [0.2, 0.25) is 0 Å². The molecule has 7 heteroatoms. The Morgan fingerprint density at radius 3 is 2.75 bits per heavy atom. The Morgan fingerprint density at radius 1 is 1.69 bits per heavy atom. The number of pyridine rings is 1. The Hall–Kier alpha value is -1.08. The summed E-state index contributed by atoms with van der Waals surface area (Å²) in [6.07, 6.45) is -2.77. The van der Waals surface area contributed by atoms with Gasteiger partial charge in [-0.25, -0.2) is 18.6 Å². The van der Waals surface area contributed by atoms with E-state index in [-0.39, 0.29) is 16.7 Å². The highest BCUT2D eigenvalue weighted by molar-refractivity contribution is 9.10. The second kappa shape index (κ2) is 5.31. The third-order valence-electron chi connectivity index (χ3n) is 1.89. The lowest BCUT2D eigenvalue weighted by atomic mass is 10.1. The van der Waals surface area contributed by atoms with E-state index in [0.717, 1.165) is 7.11 Å². The van der Waals surface area contributed by atoms with E-state index < -0.39 is 18.1 Å². The number of ether oxygens (including phenoxy) is 1. The van der Waals surface area contributed by atoms with Crippen molar-refractivity contribution in [2.45, 2.75) is 13.0 Å². The van der Waals surface area contributed by atoms with Gasteiger partial charge in [-0.2, -0.15) is 0 Å². The summed E-state index contributed by atoms with van der Waals surface area (Å²) in [5, 5.41) is 0. The standard InChI is InChI=1S/C9H9BrF2N2O2/c1-16-9(15)6-4(3-13)2-5(10)7(14-6)8(11)12/h2,8H,3,13H2,1H3. The highest BCUT2D eigenvalue weighted by atomic mass is 79.9. The molecule has 0 unspecified atom stereocenters. The second-order valence-electron chi connectivity index (χ2n) is 2.86. The molecule has 0 aliphatic carbocycles. The Morgan fingerprint density at radius 2 is 2.31 bits per heavy atom. The molecule has 0 amide bonds. The van der Waals surface area contributed by atoms with E-state index in [1.165, 1.54) is 6.07 Å². The van der Waals surface area contributed by atoms with Crippen molar-refractivity contribution in [3.05, 3.63) is 27.5 Å². The molecule has 0 aliphatic heterocycles. The van der Waals surface area contributed by atoms with Gasteiger partial charge in [0.15, 0.2) is 5.69 Å². The maximum Gasteiger partial charge on any atom is 0.356 e. The lowest BCUT2D eigenvalue weighted by Gasteiger charge is -2.09. The van der Waals surface area contributed by atoms with Crippen molar-refractivity contribution in [1.82, 2.24) is 4.98 Å². The normalized spacial score (nSPS) is 10.6. The smallest absolute Gasteiger partial charge is 0.356 e. The summed E-state index contributed by atoms with van der Waals surface area (Å²) in [6.45, 7) is 0.0134. The summed E-state index contributed by atoms with van der Waals surface area (Å²) >= 11 is 2.94. The molecule has 0 atom stereocenters. The Labute approximate surface area is 98.9 Å². The van der Waals surface area contributed by atoms with Crippen LogP contribution in [0.3, 0.4) is 0 Å². The van der Waals surface area contributed by atoms with Gasteiger partial charge in [-0.1, -0.05) is 0 Å². The monoisotopic (exact) mass is 294 g/mol. The van der Waals surface area contributed by atoms with Gasteiger partial charge in [0, 0.05) is 16.6 Å². The fourth-order valence-electron chi connectivity index (χ4n) is 1.12. The average Bonchev–Trinajstić information content (AvgIpc) is 2.27. The zero-order valence-corrected chi connectivity index (χ0v) is 9.92. The van der Waals surface area contributed by atoms with E-state index in [4.69, 9.17) is 5.73 Å². The molecular weight excluding hydrogens is 286 g/mol. The molecule has 0 spiro atoms. The fourth-order valence-corrected chi connectivity index (χ4v) is 1.66. The van der Waals surface area contributed by atoms with Crippen LogP contribution in [0.5, 0.6) is 0 Å². The summed E-state index contributed by atoms with van der Waals surface area (Å²) in [6, 6.07) is 1.35. The van der Waals surface area contributed by atoms with Gasteiger partial charge >= 0.3 is 5.97 Å². The average molecular weight is 295 g/mol. The molecule has 0 radical (unpaired) electrons. The van der Waals surface area contributed by atoms with E-state index in [1.54, 1.807) is 0 Å². The number of halogens is 3. The van der Waals surface area contributed by atoms with Crippen LogP contribution in [0.25, 0.3) is 0 Å². The Kier molecular flexibility index (Phi) is 4.31. The predicted octanol–water partition coefficient (Wildman–Crippen LogP) is 2.03. The number of nitrogens with two attached hydrogens (primary N) is 1. The van der Waals surface area contributed by atoms with Crippen LogP contribution in [-0.2, 0) is 11.3 Å². The molecule has 1 aromatic heterocycles.